The third kappa shape index (κ3) is 4.25. The normalized spacial score (nSPS) is 17.6. The summed E-state index contributed by atoms with van der Waals surface area (Å²) in [4.78, 5) is 26.0. The molecule has 32 heavy (non-hydrogen) atoms. The summed E-state index contributed by atoms with van der Waals surface area (Å²) in [5.41, 5.74) is 3.50. The molecule has 3 aromatic carbocycles. The van der Waals surface area contributed by atoms with E-state index in [1.807, 2.05) is 85.5 Å². The predicted octanol–water partition coefficient (Wildman–Crippen LogP) is 5.47. The van der Waals surface area contributed by atoms with E-state index in [-0.39, 0.29) is 29.7 Å². The third-order valence-corrected chi connectivity index (χ3v) is 5.91. The molecule has 0 unspecified atom stereocenters. The molecule has 6 heteroatoms. The third-order valence-electron chi connectivity index (χ3n) is 5.91. The molecular formula is C26H25N3O3. The van der Waals surface area contributed by atoms with Gasteiger partial charge in [0.25, 0.3) is 11.6 Å². The van der Waals surface area contributed by atoms with Crippen LogP contribution in [-0.2, 0) is 4.79 Å². The Hall–Kier alpha value is -3.93. The number of hydrogen-bond acceptors (Lipinski definition) is 4. The molecule has 1 heterocycles. The number of rotatable bonds is 7. The molecule has 1 aliphatic heterocycles. The second-order valence-electron chi connectivity index (χ2n) is 7.95. The van der Waals surface area contributed by atoms with Crippen LogP contribution in [0.15, 0.2) is 96.7 Å². The highest BCUT2D eigenvalue weighted by Crippen LogP contribution is 2.38. The van der Waals surface area contributed by atoms with E-state index in [1.54, 1.807) is 12.1 Å². The molecule has 0 fully saturated rings. The number of hydrogen-bond donors (Lipinski definition) is 1. The summed E-state index contributed by atoms with van der Waals surface area (Å²) in [6, 6.07) is 25.7. The molecule has 0 saturated carbocycles. The van der Waals surface area contributed by atoms with E-state index in [0.29, 0.717) is 5.70 Å². The Bertz CT molecular complexity index is 1130. The van der Waals surface area contributed by atoms with E-state index >= 15 is 0 Å². The van der Waals surface area contributed by atoms with Crippen LogP contribution in [0.5, 0.6) is 0 Å². The van der Waals surface area contributed by atoms with E-state index < -0.39 is 4.92 Å². The number of amides is 1. The molecule has 0 bridgehead atoms. The van der Waals surface area contributed by atoms with Crippen LogP contribution in [0.1, 0.15) is 48.7 Å². The first kappa shape index (κ1) is 21.3. The van der Waals surface area contributed by atoms with Crippen LogP contribution in [0.25, 0.3) is 0 Å². The lowest BCUT2D eigenvalue weighted by Crippen LogP contribution is -2.35. The van der Waals surface area contributed by atoms with Gasteiger partial charge in [-0.25, -0.2) is 0 Å². The van der Waals surface area contributed by atoms with Gasteiger partial charge in [0.05, 0.1) is 22.7 Å². The minimum absolute atomic E-state index is 0.0285. The van der Waals surface area contributed by atoms with Gasteiger partial charge in [-0.15, -0.1) is 0 Å². The fraction of sp³-hybridized carbons (Fsp3) is 0.192. The van der Waals surface area contributed by atoms with Crippen molar-refractivity contribution < 1.29 is 9.72 Å². The van der Waals surface area contributed by atoms with Crippen molar-refractivity contribution in [3.05, 3.63) is 124 Å². The van der Waals surface area contributed by atoms with Crippen molar-refractivity contribution in [2.24, 2.45) is 0 Å². The van der Waals surface area contributed by atoms with Gasteiger partial charge in [-0.2, -0.15) is 0 Å². The number of non-ortho nitro benzene ring substituents is 1. The minimum Gasteiger partial charge on any atom is -0.374 e. The molecule has 0 radical (unpaired) electrons. The van der Waals surface area contributed by atoms with Crippen molar-refractivity contribution in [2.75, 3.05) is 0 Å². The summed E-state index contributed by atoms with van der Waals surface area (Å²) >= 11 is 0. The Balaban J connectivity index is 1.68. The van der Waals surface area contributed by atoms with Crippen molar-refractivity contribution in [3.63, 3.8) is 0 Å². The maximum absolute atomic E-state index is 13.5. The van der Waals surface area contributed by atoms with Crippen molar-refractivity contribution in [1.29, 1.82) is 0 Å². The van der Waals surface area contributed by atoms with Gasteiger partial charge in [0.15, 0.2) is 0 Å². The standard InChI is InChI=1S/C26H25N3O3/c1-18(20-9-5-3-6-10-20)27-24-17-25(22-13-15-23(16-14-22)29(31)32)28(26(24)30)19(2)21-11-7-4-8-12-21/h3-19,25,27H,1-2H3/t18-,19-,25+/m0/s1. The van der Waals surface area contributed by atoms with Crippen LogP contribution in [0.2, 0.25) is 0 Å². The lowest BCUT2D eigenvalue weighted by atomic mass is 10.0. The van der Waals surface area contributed by atoms with E-state index in [2.05, 4.69) is 5.32 Å². The Morgan fingerprint density at radius 3 is 2.00 bits per heavy atom. The maximum Gasteiger partial charge on any atom is 0.270 e. The Morgan fingerprint density at radius 2 is 1.44 bits per heavy atom. The molecule has 3 atom stereocenters. The topological polar surface area (TPSA) is 75.5 Å². The highest BCUT2D eigenvalue weighted by Gasteiger charge is 2.37. The van der Waals surface area contributed by atoms with Crippen LogP contribution in [0.3, 0.4) is 0 Å². The first-order valence-corrected chi connectivity index (χ1v) is 10.6. The number of nitro groups is 1. The van der Waals surface area contributed by atoms with E-state index in [1.165, 1.54) is 12.1 Å². The summed E-state index contributed by atoms with van der Waals surface area (Å²) in [6.07, 6.45) is 1.92. The largest absolute Gasteiger partial charge is 0.374 e. The van der Waals surface area contributed by atoms with Gasteiger partial charge >= 0.3 is 0 Å². The van der Waals surface area contributed by atoms with Gasteiger partial charge in [0, 0.05) is 18.2 Å². The number of benzene rings is 3. The lowest BCUT2D eigenvalue weighted by molar-refractivity contribution is -0.384. The van der Waals surface area contributed by atoms with Gasteiger partial charge in [0.2, 0.25) is 0 Å². The van der Waals surface area contributed by atoms with E-state index in [4.69, 9.17) is 0 Å². The van der Waals surface area contributed by atoms with Crippen molar-refractivity contribution >= 4 is 11.6 Å². The number of carbonyl (C=O) groups excluding carboxylic acids is 1. The summed E-state index contributed by atoms with van der Waals surface area (Å²) in [6.45, 7) is 4.02. The summed E-state index contributed by atoms with van der Waals surface area (Å²) in [5, 5.41) is 14.4. The fourth-order valence-electron chi connectivity index (χ4n) is 4.10. The molecule has 1 N–H and O–H groups in total. The fourth-order valence-corrected chi connectivity index (χ4v) is 4.10. The average molecular weight is 428 g/mol. The Morgan fingerprint density at radius 1 is 0.875 bits per heavy atom. The molecule has 0 saturated heterocycles. The van der Waals surface area contributed by atoms with Crippen molar-refractivity contribution in [1.82, 2.24) is 10.2 Å². The Labute approximate surface area is 187 Å². The van der Waals surface area contributed by atoms with Gasteiger partial charge in [0.1, 0.15) is 0 Å². The zero-order valence-electron chi connectivity index (χ0n) is 18.0. The smallest absolute Gasteiger partial charge is 0.270 e. The molecular weight excluding hydrogens is 402 g/mol. The highest BCUT2D eigenvalue weighted by atomic mass is 16.6. The second-order valence-corrected chi connectivity index (χ2v) is 7.95. The summed E-state index contributed by atoms with van der Waals surface area (Å²) in [7, 11) is 0. The molecule has 0 spiro atoms. The molecule has 4 rings (SSSR count). The van der Waals surface area contributed by atoms with Crippen LogP contribution < -0.4 is 5.32 Å². The van der Waals surface area contributed by atoms with Crippen molar-refractivity contribution in [2.45, 2.75) is 32.0 Å². The Kier molecular flexibility index (Phi) is 6.03. The van der Waals surface area contributed by atoms with Gasteiger partial charge in [-0.3, -0.25) is 14.9 Å². The monoisotopic (exact) mass is 427 g/mol. The molecule has 6 nitrogen and oxygen atoms in total. The van der Waals surface area contributed by atoms with Gasteiger partial charge in [-0.05, 0) is 48.7 Å². The SMILES string of the molecule is C[C@H](NC1=C[C@H](c2ccc([N+](=O)[O-])cc2)N([C@@H](C)c2ccccc2)C1=O)c1ccccc1. The van der Waals surface area contributed by atoms with E-state index in [0.717, 1.165) is 16.7 Å². The zero-order valence-corrected chi connectivity index (χ0v) is 18.0. The van der Waals surface area contributed by atoms with Crippen LogP contribution in [-0.4, -0.2) is 15.7 Å². The molecule has 162 valence electrons. The molecule has 3 aromatic rings. The second kappa shape index (κ2) is 9.06. The molecule has 1 aliphatic rings. The number of nitro benzene ring substituents is 1. The molecule has 0 aromatic heterocycles. The average Bonchev–Trinajstić information content (AvgIpc) is 3.15. The summed E-state index contributed by atoms with van der Waals surface area (Å²) < 4.78 is 0. The highest BCUT2D eigenvalue weighted by molar-refractivity contribution is 5.96. The maximum atomic E-state index is 13.5. The first-order valence-electron chi connectivity index (χ1n) is 10.6. The van der Waals surface area contributed by atoms with Crippen molar-refractivity contribution in [3.8, 4) is 0 Å². The van der Waals surface area contributed by atoms with Gasteiger partial charge in [-0.1, -0.05) is 60.7 Å². The lowest BCUT2D eigenvalue weighted by Gasteiger charge is -2.32. The van der Waals surface area contributed by atoms with Crippen LogP contribution in [0.4, 0.5) is 5.69 Å². The number of carbonyl (C=O) groups is 1. The van der Waals surface area contributed by atoms with Gasteiger partial charge < -0.3 is 10.2 Å². The number of nitrogens with one attached hydrogen (secondary N) is 1. The summed E-state index contributed by atoms with van der Waals surface area (Å²) in [5.74, 6) is -0.0903. The minimum atomic E-state index is -0.418. The van der Waals surface area contributed by atoms with Crippen LogP contribution in [0, 0.1) is 10.1 Å². The molecule has 0 aliphatic carbocycles. The number of nitrogens with zero attached hydrogens (tertiary/aromatic N) is 2. The predicted molar refractivity (Wildman–Crippen MR) is 124 cm³/mol. The quantitative estimate of drug-likeness (QED) is 0.400. The van der Waals surface area contributed by atoms with E-state index in [9.17, 15) is 14.9 Å². The zero-order chi connectivity index (χ0) is 22.7. The van der Waals surface area contributed by atoms with Crippen LogP contribution >= 0.6 is 0 Å². The first-order chi connectivity index (χ1) is 15.5. The molecule has 1 amide bonds.